The summed E-state index contributed by atoms with van der Waals surface area (Å²) in [5.41, 5.74) is 0.469. The van der Waals surface area contributed by atoms with E-state index in [0.717, 1.165) is 12.0 Å². The molecule has 122 valence electrons. The van der Waals surface area contributed by atoms with E-state index in [1.54, 1.807) is 0 Å². The monoisotopic (exact) mass is 305 g/mol. The molecule has 0 spiro atoms. The second-order valence-electron chi connectivity index (χ2n) is 6.72. The molecule has 0 saturated heterocycles. The lowest BCUT2D eigenvalue weighted by Gasteiger charge is -2.28. The number of carbonyl (C=O) groups is 2. The largest absolute Gasteiger partial charge is 0.467 e. The molecule has 0 heterocycles. The summed E-state index contributed by atoms with van der Waals surface area (Å²) < 4.78 is 4.83. The second-order valence-corrected chi connectivity index (χ2v) is 6.72. The van der Waals surface area contributed by atoms with Crippen LogP contribution >= 0.6 is 0 Å². The molecule has 1 amide bonds. The Balaban J connectivity index is 2.81. The molecule has 0 fully saturated rings. The van der Waals surface area contributed by atoms with E-state index in [-0.39, 0.29) is 5.91 Å². The summed E-state index contributed by atoms with van der Waals surface area (Å²) in [6.07, 6.45) is 1.19. The Labute approximate surface area is 133 Å². The summed E-state index contributed by atoms with van der Waals surface area (Å²) in [5.74, 6) is -0.128. The highest BCUT2D eigenvalue weighted by Gasteiger charge is 2.32. The summed E-state index contributed by atoms with van der Waals surface area (Å²) in [6.45, 7) is 7.96. The van der Waals surface area contributed by atoms with Gasteiger partial charge in [0.1, 0.15) is 6.04 Å². The van der Waals surface area contributed by atoms with Gasteiger partial charge in [0, 0.05) is 11.8 Å². The van der Waals surface area contributed by atoms with Gasteiger partial charge in [-0.25, -0.2) is 4.79 Å². The van der Waals surface area contributed by atoms with Crippen LogP contribution in [0.1, 0.15) is 39.7 Å². The minimum Gasteiger partial charge on any atom is -0.467 e. The minimum absolute atomic E-state index is 0.118. The van der Waals surface area contributed by atoms with Crippen molar-refractivity contribution in [3.05, 3.63) is 35.9 Å². The number of nitrogens with one attached hydrogen (secondary N) is 1. The van der Waals surface area contributed by atoms with Crippen molar-refractivity contribution in [3.63, 3.8) is 0 Å². The molecule has 4 nitrogen and oxygen atoms in total. The SMILES string of the molecule is COC(=O)[C@H](Cc1ccccc1)NC(=O)C(C)(C)CC(C)C. The van der Waals surface area contributed by atoms with Crippen LogP contribution in [0.25, 0.3) is 0 Å². The normalized spacial score (nSPS) is 12.8. The highest BCUT2D eigenvalue weighted by molar-refractivity contribution is 5.87. The van der Waals surface area contributed by atoms with Crippen molar-refractivity contribution in [1.82, 2.24) is 5.32 Å². The highest BCUT2D eigenvalue weighted by Crippen LogP contribution is 2.25. The predicted molar refractivity (Wildman–Crippen MR) is 87.3 cm³/mol. The minimum atomic E-state index is -0.661. The van der Waals surface area contributed by atoms with Crippen LogP contribution < -0.4 is 5.32 Å². The Bertz CT molecular complexity index is 494. The zero-order valence-corrected chi connectivity index (χ0v) is 14.2. The third kappa shape index (κ3) is 5.51. The van der Waals surface area contributed by atoms with E-state index in [1.165, 1.54) is 7.11 Å². The fourth-order valence-electron chi connectivity index (χ4n) is 2.65. The number of hydrogen-bond donors (Lipinski definition) is 1. The molecule has 0 aliphatic heterocycles. The standard InChI is InChI=1S/C18H27NO3/c1-13(2)12-18(3,4)17(21)19-15(16(20)22-5)11-14-9-7-6-8-10-14/h6-10,13,15H,11-12H2,1-5H3,(H,19,21)/t15-/m0/s1. The molecule has 1 atom stereocenters. The second kappa shape index (κ2) is 7.97. The molecule has 1 rings (SSSR count). The molecule has 0 radical (unpaired) electrons. The molecule has 22 heavy (non-hydrogen) atoms. The van der Waals surface area contributed by atoms with Crippen molar-refractivity contribution in [3.8, 4) is 0 Å². The van der Waals surface area contributed by atoms with Crippen molar-refractivity contribution in [2.75, 3.05) is 7.11 Å². The van der Waals surface area contributed by atoms with Crippen LogP contribution in [0.2, 0.25) is 0 Å². The lowest BCUT2D eigenvalue weighted by Crippen LogP contribution is -2.48. The molecule has 0 unspecified atom stereocenters. The van der Waals surface area contributed by atoms with Gasteiger partial charge >= 0.3 is 5.97 Å². The summed E-state index contributed by atoms with van der Waals surface area (Å²) in [7, 11) is 1.34. The van der Waals surface area contributed by atoms with E-state index in [9.17, 15) is 9.59 Å². The smallest absolute Gasteiger partial charge is 0.328 e. The first kappa shape index (κ1) is 18.2. The van der Waals surface area contributed by atoms with Gasteiger partial charge in [0.25, 0.3) is 0 Å². The van der Waals surface area contributed by atoms with E-state index in [0.29, 0.717) is 12.3 Å². The molecule has 1 aromatic carbocycles. The number of hydrogen-bond acceptors (Lipinski definition) is 3. The molecular weight excluding hydrogens is 278 g/mol. The number of benzene rings is 1. The third-order valence-corrected chi connectivity index (χ3v) is 3.61. The predicted octanol–water partition coefficient (Wildman–Crippen LogP) is 2.96. The summed E-state index contributed by atoms with van der Waals surface area (Å²) >= 11 is 0. The average Bonchev–Trinajstić information content (AvgIpc) is 2.45. The van der Waals surface area contributed by atoms with Crippen molar-refractivity contribution in [2.45, 2.75) is 46.6 Å². The zero-order chi connectivity index (χ0) is 16.8. The van der Waals surface area contributed by atoms with Crippen molar-refractivity contribution < 1.29 is 14.3 Å². The van der Waals surface area contributed by atoms with E-state index in [1.807, 2.05) is 44.2 Å². The van der Waals surface area contributed by atoms with Gasteiger partial charge in [-0.15, -0.1) is 0 Å². The summed E-state index contributed by atoms with van der Waals surface area (Å²) in [5, 5.41) is 2.85. The maximum Gasteiger partial charge on any atom is 0.328 e. The number of methoxy groups -OCH3 is 1. The number of ether oxygens (including phenoxy) is 1. The first-order valence-electron chi connectivity index (χ1n) is 7.69. The van der Waals surface area contributed by atoms with Gasteiger partial charge in [0.15, 0.2) is 0 Å². The molecule has 0 aliphatic rings. The van der Waals surface area contributed by atoms with Gasteiger partial charge in [0.05, 0.1) is 7.11 Å². The Morgan fingerprint density at radius 3 is 2.27 bits per heavy atom. The zero-order valence-electron chi connectivity index (χ0n) is 14.2. The molecule has 1 N–H and O–H groups in total. The summed E-state index contributed by atoms with van der Waals surface area (Å²) in [6, 6.07) is 8.94. The molecule has 0 aliphatic carbocycles. The van der Waals surface area contributed by atoms with Gasteiger partial charge in [-0.3, -0.25) is 4.79 Å². The fourth-order valence-corrected chi connectivity index (χ4v) is 2.65. The Morgan fingerprint density at radius 2 is 1.77 bits per heavy atom. The van der Waals surface area contributed by atoms with Crippen LogP contribution in [-0.4, -0.2) is 25.0 Å². The highest BCUT2D eigenvalue weighted by atomic mass is 16.5. The molecule has 4 heteroatoms. The van der Waals surface area contributed by atoms with E-state index in [2.05, 4.69) is 19.2 Å². The van der Waals surface area contributed by atoms with Crippen molar-refractivity contribution in [2.24, 2.45) is 11.3 Å². The van der Waals surface area contributed by atoms with Gasteiger partial charge < -0.3 is 10.1 Å². The fraction of sp³-hybridized carbons (Fsp3) is 0.556. The third-order valence-electron chi connectivity index (χ3n) is 3.61. The average molecular weight is 305 g/mol. The number of esters is 1. The number of rotatable bonds is 7. The molecular formula is C18H27NO3. The lowest BCUT2D eigenvalue weighted by molar-refractivity contribution is -0.146. The van der Waals surface area contributed by atoms with Gasteiger partial charge in [0.2, 0.25) is 5.91 Å². The summed E-state index contributed by atoms with van der Waals surface area (Å²) in [4.78, 5) is 24.5. The molecule has 1 aromatic rings. The maximum absolute atomic E-state index is 12.5. The first-order valence-corrected chi connectivity index (χ1v) is 7.69. The molecule has 0 bridgehead atoms. The molecule has 0 saturated carbocycles. The van der Waals surface area contributed by atoms with Crippen LogP contribution in [0, 0.1) is 11.3 Å². The van der Waals surface area contributed by atoms with Crippen molar-refractivity contribution >= 4 is 11.9 Å². The van der Waals surface area contributed by atoms with Crippen LogP contribution in [0.5, 0.6) is 0 Å². The maximum atomic E-state index is 12.5. The lowest BCUT2D eigenvalue weighted by atomic mass is 9.83. The molecule has 0 aromatic heterocycles. The number of carbonyl (C=O) groups excluding carboxylic acids is 2. The van der Waals surface area contributed by atoms with Crippen molar-refractivity contribution in [1.29, 1.82) is 0 Å². The topological polar surface area (TPSA) is 55.4 Å². The Hall–Kier alpha value is -1.84. The van der Waals surface area contributed by atoms with Crippen LogP contribution in [0.3, 0.4) is 0 Å². The van der Waals surface area contributed by atoms with Gasteiger partial charge in [-0.1, -0.05) is 58.0 Å². The quantitative estimate of drug-likeness (QED) is 0.788. The van der Waals surface area contributed by atoms with E-state index < -0.39 is 17.4 Å². The first-order chi connectivity index (χ1) is 10.3. The Morgan fingerprint density at radius 1 is 1.18 bits per heavy atom. The van der Waals surface area contributed by atoms with E-state index in [4.69, 9.17) is 4.74 Å². The van der Waals surface area contributed by atoms with Crippen LogP contribution in [0.4, 0.5) is 0 Å². The van der Waals surface area contributed by atoms with Crippen LogP contribution in [0.15, 0.2) is 30.3 Å². The Kier molecular flexibility index (Phi) is 6.60. The van der Waals surface area contributed by atoms with Gasteiger partial charge in [-0.2, -0.15) is 0 Å². The van der Waals surface area contributed by atoms with Crippen LogP contribution in [-0.2, 0) is 20.7 Å². The number of amides is 1. The van der Waals surface area contributed by atoms with Gasteiger partial charge in [-0.05, 0) is 17.9 Å². The van der Waals surface area contributed by atoms with E-state index >= 15 is 0 Å².